The molecule has 0 saturated carbocycles. The number of rotatable bonds is 2. The molecule has 2 atom stereocenters. The third-order valence-electron chi connectivity index (χ3n) is 2.91. The van der Waals surface area contributed by atoms with E-state index in [0.717, 1.165) is 32.1 Å². The monoisotopic (exact) mass is 183 g/mol. The van der Waals surface area contributed by atoms with E-state index < -0.39 is 0 Å². The van der Waals surface area contributed by atoms with Crippen molar-refractivity contribution in [1.82, 2.24) is 5.06 Å². The van der Waals surface area contributed by atoms with E-state index in [2.05, 4.69) is 6.92 Å². The fraction of sp³-hybridized carbons (Fsp3) is 0.900. The van der Waals surface area contributed by atoms with E-state index >= 15 is 0 Å². The third-order valence-corrected chi connectivity index (χ3v) is 2.91. The van der Waals surface area contributed by atoms with Crippen molar-refractivity contribution in [3.63, 3.8) is 0 Å². The molecule has 74 valence electrons. The highest BCUT2D eigenvalue weighted by Gasteiger charge is 2.38. The molecule has 0 spiro atoms. The van der Waals surface area contributed by atoms with Gasteiger partial charge in [0.2, 0.25) is 5.91 Å². The molecule has 2 heterocycles. The summed E-state index contributed by atoms with van der Waals surface area (Å²) in [6, 6.07) is 0.387. The number of carbonyl (C=O) groups is 1. The molecule has 0 radical (unpaired) electrons. The molecular formula is C10H17NO2. The minimum absolute atomic E-state index is 0.190. The highest BCUT2D eigenvalue weighted by atomic mass is 16.7. The molecular weight excluding hydrogens is 166 g/mol. The molecule has 2 rings (SSSR count). The fourth-order valence-electron chi connectivity index (χ4n) is 2.28. The number of hydrogen-bond acceptors (Lipinski definition) is 2. The zero-order valence-corrected chi connectivity index (χ0v) is 8.16. The highest BCUT2D eigenvalue weighted by Crippen LogP contribution is 2.31. The van der Waals surface area contributed by atoms with Crippen LogP contribution < -0.4 is 0 Å². The van der Waals surface area contributed by atoms with Gasteiger partial charge in [-0.1, -0.05) is 13.3 Å². The summed E-state index contributed by atoms with van der Waals surface area (Å²) in [4.78, 5) is 17.0. The van der Waals surface area contributed by atoms with Crippen LogP contribution in [0.1, 0.15) is 45.4 Å². The van der Waals surface area contributed by atoms with Crippen LogP contribution in [0.25, 0.3) is 0 Å². The maximum atomic E-state index is 11.4. The van der Waals surface area contributed by atoms with E-state index in [0.29, 0.717) is 18.6 Å². The van der Waals surface area contributed by atoms with Gasteiger partial charge < -0.3 is 0 Å². The number of fused-ring (bicyclic) bond motifs is 1. The lowest BCUT2D eigenvalue weighted by Crippen LogP contribution is -2.37. The van der Waals surface area contributed by atoms with Crippen LogP contribution in [0.15, 0.2) is 0 Å². The van der Waals surface area contributed by atoms with Gasteiger partial charge in [-0.05, 0) is 25.7 Å². The number of amides is 1. The molecule has 2 saturated heterocycles. The summed E-state index contributed by atoms with van der Waals surface area (Å²) in [5, 5.41) is 1.64. The summed E-state index contributed by atoms with van der Waals surface area (Å²) in [7, 11) is 0. The van der Waals surface area contributed by atoms with E-state index in [1.54, 1.807) is 5.06 Å². The SMILES string of the molecule is CCC[C@H]1C[C@H]2CCCC(=O)N2O1. The van der Waals surface area contributed by atoms with Crippen LogP contribution in [0.4, 0.5) is 0 Å². The third kappa shape index (κ3) is 1.70. The summed E-state index contributed by atoms with van der Waals surface area (Å²) in [6.45, 7) is 2.16. The summed E-state index contributed by atoms with van der Waals surface area (Å²) < 4.78 is 0. The standard InChI is InChI=1S/C10H17NO2/c1-2-4-9-7-8-5-3-6-10(12)11(8)13-9/h8-9H,2-7H2,1H3/t8-,9+/m1/s1. The Balaban J connectivity index is 1.96. The Morgan fingerprint density at radius 3 is 3.15 bits per heavy atom. The quantitative estimate of drug-likeness (QED) is 0.654. The zero-order chi connectivity index (χ0) is 9.26. The molecule has 0 aromatic heterocycles. The first-order valence-corrected chi connectivity index (χ1v) is 5.30. The first-order valence-electron chi connectivity index (χ1n) is 5.30. The van der Waals surface area contributed by atoms with Gasteiger partial charge in [0.1, 0.15) is 0 Å². The van der Waals surface area contributed by atoms with Gasteiger partial charge in [-0.3, -0.25) is 9.63 Å². The molecule has 0 unspecified atom stereocenters. The van der Waals surface area contributed by atoms with Crippen molar-refractivity contribution in [2.45, 2.75) is 57.6 Å². The van der Waals surface area contributed by atoms with Crippen molar-refractivity contribution in [1.29, 1.82) is 0 Å². The molecule has 2 aliphatic rings. The predicted molar refractivity (Wildman–Crippen MR) is 48.9 cm³/mol. The van der Waals surface area contributed by atoms with Crippen LogP contribution >= 0.6 is 0 Å². The second-order valence-corrected chi connectivity index (χ2v) is 4.02. The maximum Gasteiger partial charge on any atom is 0.246 e. The summed E-state index contributed by atoms with van der Waals surface area (Å²) in [5.74, 6) is 0.190. The lowest BCUT2D eigenvalue weighted by molar-refractivity contribution is -0.193. The van der Waals surface area contributed by atoms with Crippen molar-refractivity contribution in [3.8, 4) is 0 Å². The van der Waals surface area contributed by atoms with Crippen molar-refractivity contribution < 1.29 is 9.63 Å². The number of hydrogen-bond donors (Lipinski definition) is 0. The van der Waals surface area contributed by atoms with Gasteiger partial charge in [0.25, 0.3) is 0 Å². The van der Waals surface area contributed by atoms with E-state index in [4.69, 9.17) is 4.84 Å². The van der Waals surface area contributed by atoms with Gasteiger partial charge in [0.05, 0.1) is 12.1 Å². The molecule has 0 aromatic rings. The molecule has 3 nitrogen and oxygen atoms in total. The average molecular weight is 183 g/mol. The van der Waals surface area contributed by atoms with Gasteiger partial charge in [0.15, 0.2) is 0 Å². The van der Waals surface area contributed by atoms with Crippen molar-refractivity contribution in [2.75, 3.05) is 0 Å². The van der Waals surface area contributed by atoms with Gasteiger partial charge in [0, 0.05) is 6.42 Å². The summed E-state index contributed by atoms with van der Waals surface area (Å²) in [5.41, 5.74) is 0. The Bertz CT molecular complexity index is 205. The van der Waals surface area contributed by atoms with Gasteiger partial charge in [-0.2, -0.15) is 0 Å². The van der Waals surface area contributed by atoms with Gasteiger partial charge in [-0.25, -0.2) is 5.06 Å². The van der Waals surface area contributed by atoms with Crippen molar-refractivity contribution in [3.05, 3.63) is 0 Å². The van der Waals surface area contributed by atoms with Crippen LogP contribution in [-0.2, 0) is 9.63 Å². The van der Waals surface area contributed by atoms with Crippen molar-refractivity contribution in [2.24, 2.45) is 0 Å². The van der Waals surface area contributed by atoms with Crippen LogP contribution in [0.5, 0.6) is 0 Å². The Morgan fingerprint density at radius 2 is 2.46 bits per heavy atom. The first kappa shape index (κ1) is 9.00. The Labute approximate surface area is 79.0 Å². The Hall–Kier alpha value is -0.570. The normalized spacial score (nSPS) is 33.6. The minimum Gasteiger partial charge on any atom is -0.273 e. The lowest BCUT2D eigenvalue weighted by atomic mass is 9.99. The second-order valence-electron chi connectivity index (χ2n) is 4.02. The number of nitrogens with zero attached hydrogens (tertiary/aromatic N) is 1. The predicted octanol–water partition coefficient (Wildman–Crippen LogP) is 1.87. The summed E-state index contributed by atoms with van der Waals surface area (Å²) >= 11 is 0. The molecule has 2 aliphatic heterocycles. The van der Waals surface area contributed by atoms with E-state index in [1.165, 1.54) is 0 Å². The lowest BCUT2D eigenvalue weighted by Gasteiger charge is -2.26. The summed E-state index contributed by atoms with van der Waals surface area (Å²) in [6.07, 6.45) is 6.43. The molecule has 0 aliphatic carbocycles. The average Bonchev–Trinajstić information content (AvgIpc) is 2.49. The van der Waals surface area contributed by atoms with E-state index in [1.807, 2.05) is 0 Å². The zero-order valence-electron chi connectivity index (χ0n) is 8.16. The van der Waals surface area contributed by atoms with Gasteiger partial charge in [-0.15, -0.1) is 0 Å². The van der Waals surface area contributed by atoms with Crippen LogP contribution in [0.2, 0.25) is 0 Å². The van der Waals surface area contributed by atoms with Crippen LogP contribution in [-0.4, -0.2) is 23.1 Å². The molecule has 2 fully saturated rings. The highest BCUT2D eigenvalue weighted by molar-refractivity contribution is 5.76. The molecule has 1 amide bonds. The van der Waals surface area contributed by atoms with Crippen molar-refractivity contribution >= 4 is 5.91 Å². The smallest absolute Gasteiger partial charge is 0.246 e. The fourth-order valence-corrected chi connectivity index (χ4v) is 2.28. The number of carbonyl (C=O) groups excluding carboxylic acids is 1. The molecule has 13 heavy (non-hydrogen) atoms. The molecule has 0 aromatic carbocycles. The van der Waals surface area contributed by atoms with E-state index in [-0.39, 0.29) is 5.91 Å². The topological polar surface area (TPSA) is 29.5 Å². The Kier molecular flexibility index (Phi) is 2.54. The number of piperidine rings is 1. The molecule has 0 bridgehead atoms. The van der Waals surface area contributed by atoms with Gasteiger partial charge >= 0.3 is 0 Å². The second kappa shape index (κ2) is 3.66. The first-order chi connectivity index (χ1) is 6.31. The number of hydroxylamine groups is 2. The van der Waals surface area contributed by atoms with E-state index in [9.17, 15) is 4.79 Å². The molecule has 3 heteroatoms. The van der Waals surface area contributed by atoms with Crippen LogP contribution in [0.3, 0.4) is 0 Å². The minimum atomic E-state index is 0.190. The molecule has 0 N–H and O–H groups in total. The largest absolute Gasteiger partial charge is 0.273 e. The maximum absolute atomic E-state index is 11.4. The van der Waals surface area contributed by atoms with Crippen LogP contribution in [0, 0.1) is 0 Å². The Morgan fingerprint density at radius 1 is 1.62 bits per heavy atom.